The van der Waals surface area contributed by atoms with Crippen LogP contribution in [0.1, 0.15) is 17.0 Å². The monoisotopic (exact) mass is 540 g/mol. The zero-order valence-electron chi connectivity index (χ0n) is 18.4. The summed E-state index contributed by atoms with van der Waals surface area (Å²) >= 11 is 7.42. The van der Waals surface area contributed by atoms with Crippen LogP contribution in [0.15, 0.2) is 59.3 Å². The van der Waals surface area contributed by atoms with Gasteiger partial charge >= 0.3 is 0 Å². The highest BCUT2D eigenvalue weighted by atomic mass is 35.5. The van der Waals surface area contributed by atoms with Crippen molar-refractivity contribution in [2.45, 2.75) is 12.5 Å². The lowest BCUT2D eigenvalue weighted by atomic mass is 10.1. The molecular formula is C24H17ClN4O5S2. The molecule has 182 valence electrons. The number of aliphatic hydroxyl groups is 1. The molecule has 0 spiro atoms. The van der Waals surface area contributed by atoms with E-state index in [-0.39, 0.29) is 40.0 Å². The normalized spacial score (nSPS) is 20.1. The number of halogens is 1. The highest BCUT2D eigenvalue weighted by molar-refractivity contribution is 7.91. The molecule has 0 saturated carbocycles. The van der Waals surface area contributed by atoms with Crippen molar-refractivity contribution < 1.29 is 23.1 Å². The zero-order valence-corrected chi connectivity index (χ0v) is 20.8. The highest BCUT2D eigenvalue weighted by Gasteiger charge is 2.45. The number of aliphatic hydroxyl groups excluding tert-OH is 1. The minimum Gasteiger partial charge on any atom is -0.506 e. The van der Waals surface area contributed by atoms with Crippen molar-refractivity contribution in [3.63, 3.8) is 0 Å². The maximum absolute atomic E-state index is 12.9. The fourth-order valence-corrected chi connectivity index (χ4v) is 7.00. The van der Waals surface area contributed by atoms with Crippen molar-refractivity contribution in [1.82, 2.24) is 9.88 Å². The third-order valence-corrected chi connectivity index (χ3v) is 9.07. The first kappa shape index (κ1) is 24.0. The number of thiazole rings is 1. The third kappa shape index (κ3) is 4.24. The maximum atomic E-state index is 12.9. The molecule has 9 nitrogen and oxygen atoms in total. The molecule has 1 saturated heterocycles. The molecule has 5 rings (SSSR count). The number of hydrogen-bond acceptors (Lipinski definition) is 9. The van der Waals surface area contributed by atoms with Gasteiger partial charge in [0.1, 0.15) is 33.1 Å². The summed E-state index contributed by atoms with van der Waals surface area (Å²) in [5, 5.41) is 23.3. The third-order valence-electron chi connectivity index (χ3n) is 5.92. The average molecular weight is 541 g/mol. The second kappa shape index (κ2) is 9.05. The van der Waals surface area contributed by atoms with Crippen molar-refractivity contribution >= 4 is 71.8 Å². The van der Waals surface area contributed by atoms with Crippen LogP contribution >= 0.6 is 22.9 Å². The molecule has 2 N–H and O–H groups in total. The number of allylic oxidation sites excluding steroid dienone is 1. The summed E-state index contributed by atoms with van der Waals surface area (Å²) in [5.41, 5.74) is 1.36. The van der Waals surface area contributed by atoms with Gasteiger partial charge in [-0.05, 0) is 42.8 Å². The van der Waals surface area contributed by atoms with Gasteiger partial charge in [0.25, 0.3) is 11.8 Å². The number of sulfone groups is 1. The number of carbonyl (C=O) groups excluding carboxylic acids is 2. The van der Waals surface area contributed by atoms with E-state index < -0.39 is 27.7 Å². The number of imide groups is 1. The molecule has 1 aromatic heterocycles. The summed E-state index contributed by atoms with van der Waals surface area (Å²) in [5.74, 6) is -2.05. The quantitative estimate of drug-likeness (QED) is 0.284. The van der Waals surface area contributed by atoms with E-state index in [9.17, 15) is 28.4 Å². The van der Waals surface area contributed by atoms with Crippen molar-refractivity contribution in [3.05, 3.63) is 69.8 Å². The van der Waals surface area contributed by atoms with Crippen molar-refractivity contribution in [2.75, 3.05) is 16.8 Å². The van der Waals surface area contributed by atoms with Crippen LogP contribution in [0, 0.1) is 11.3 Å². The van der Waals surface area contributed by atoms with E-state index in [2.05, 4.69) is 10.3 Å². The van der Waals surface area contributed by atoms with Crippen LogP contribution in [0.2, 0.25) is 0 Å². The summed E-state index contributed by atoms with van der Waals surface area (Å²) in [6, 6.07) is 14.9. The highest BCUT2D eigenvalue weighted by Crippen LogP contribution is 2.33. The van der Waals surface area contributed by atoms with E-state index in [1.807, 2.05) is 30.3 Å². The van der Waals surface area contributed by atoms with Crippen LogP contribution in [0.25, 0.3) is 21.5 Å². The molecule has 0 radical (unpaired) electrons. The number of nitriles is 1. The second-order valence-electron chi connectivity index (χ2n) is 8.25. The topological polar surface area (TPSA) is 140 Å². The zero-order chi connectivity index (χ0) is 25.6. The molecule has 0 aliphatic carbocycles. The molecule has 1 atom stereocenters. The smallest absolute Gasteiger partial charge is 0.279 e. The van der Waals surface area contributed by atoms with E-state index in [4.69, 9.17) is 11.6 Å². The molecule has 2 amide bonds. The summed E-state index contributed by atoms with van der Waals surface area (Å²) in [6.45, 7) is 0. The predicted molar refractivity (Wildman–Crippen MR) is 137 cm³/mol. The molecule has 12 heteroatoms. The number of aromatic nitrogens is 1. The standard InChI is InChI=1S/C24H17ClN4O5S2/c25-19-20(24(32)29(23(19)31)15-9-10-36(33,34)12-15)27-14-7-5-13(6-8-14)21(30)16(11-26)22-28-17-3-1-2-4-18(17)35-22/h1-8,15,27,30H,9-10,12H2. The van der Waals surface area contributed by atoms with Gasteiger partial charge < -0.3 is 10.4 Å². The van der Waals surface area contributed by atoms with Crippen LogP contribution < -0.4 is 5.32 Å². The van der Waals surface area contributed by atoms with Crippen LogP contribution in [0.5, 0.6) is 0 Å². The Morgan fingerprint density at radius 3 is 2.53 bits per heavy atom. The Morgan fingerprint density at radius 2 is 1.89 bits per heavy atom. The number of fused-ring (bicyclic) bond motifs is 1. The van der Waals surface area contributed by atoms with Gasteiger partial charge in [0, 0.05) is 11.3 Å². The fourth-order valence-electron chi connectivity index (χ4n) is 4.12. The molecule has 36 heavy (non-hydrogen) atoms. The first-order chi connectivity index (χ1) is 17.2. The lowest BCUT2D eigenvalue weighted by Gasteiger charge is -2.21. The van der Waals surface area contributed by atoms with Crippen LogP contribution in [0.4, 0.5) is 5.69 Å². The van der Waals surface area contributed by atoms with E-state index in [1.165, 1.54) is 11.3 Å². The number of rotatable bonds is 5. The number of para-hydroxylation sites is 1. The minimum absolute atomic E-state index is 0.0291. The van der Waals surface area contributed by atoms with Gasteiger partial charge in [0.15, 0.2) is 9.84 Å². The molecular weight excluding hydrogens is 524 g/mol. The molecule has 3 heterocycles. The molecule has 0 bridgehead atoms. The van der Waals surface area contributed by atoms with Crippen molar-refractivity contribution in [1.29, 1.82) is 5.26 Å². The Morgan fingerprint density at radius 1 is 1.17 bits per heavy atom. The number of anilines is 1. The fraction of sp³-hybridized carbons (Fsp3) is 0.167. The van der Waals surface area contributed by atoms with Crippen molar-refractivity contribution in [2.24, 2.45) is 0 Å². The van der Waals surface area contributed by atoms with Gasteiger partial charge in [0.2, 0.25) is 0 Å². The van der Waals surface area contributed by atoms with Gasteiger partial charge in [-0.15, -0.1) is 11.3 Å². The van der Waals surface area contributed by atoms with E-state index in [0.29, 0.717) is 16.3 Å². The average Bonchev–Trinajstić information content (AvgIpc) is 3.50. The number of nitrogens with zero attached hydrogens (tertiary/aromatic N) is 3. The first-order valence-electron chi connectivity index (χ1n) is 10.7. The van der Waals surface area contributed by atoms with Crippen LogP contribution in [-0.4, -0.2) is 52.8 Å². The molecule has 2 aliphatic heterocycles. The molecule has 2 aliphatic rings. The van der Waals surface area contributed by atoms with Crippen LogP contribution in [0.3, 0.4) is 0 Å². The summed E-state index contributed by atoms with van der Waals surface area (Å²) in [7, 11) is -3.31. The summed E-state index contributed by atoms with van der Waals surface area (Å²) in [6.07, 6.45) is 0.174. The first-order valence-corrected chi connectivity index (χ1v) is 13.7. The van der Waals surface area contributed by atoms with Crippen molar-refractivity contribution in [3.8, 4) is 6.07 Å². The Hall–Kier alpha value is -3.72. The number of benzene rings is 2. The van der Waals surface area contributed by atoms with Gasteiger partial charge in [-0.3, -0.25) is 14.5 Å². The largest absolute Gasteiger partial charge is 0.506 e. The Bertz CT molecular complexity index is 1600. The number of carbonyl (C=O) groups is 2. The minimum atomic E-state index is -3.31. The van der Waals surface area contributed by atoms with E-state index in [0.717, 1.165) is 15.1 Å². The van der Waals surface area contributed by atoms with Gasteiger partial charge in [-0.1, -0.05) is 23.7 Å². The SMILES string of the molecule is N#CC(=C(O)c1ccc(NC2=C(Cl)C(=O)N(C3CCS(=O)(=O)C3)C2=O)cc1)c1nc2ccccc2s1. The number of nitrogens with one attached hydrogen (secondary N) is 1. The lowest BCUT2D eigenvalue weighted by Crippen LogP contribution is -2.42. The second-order valence-corrected chi connectivity index (χ2v) is 11.9. The maximum Gasteiger partial charge on any atom is 0.279 e. The van der Waals surface area contributed by atoms with Gasteiger partial charge in [0.05, 0.1) is 27.8 Å². The van der Waals surface area contributed by atoms with E-state index in [1.54, 1.807) is 24.3 Å². The molecule has 3 aromatic rings. The van der Waals surface area contributed by atoms with E-state index >= 15 is 0 Å². The summed E-state index contributed by atoms with van der Waals surface area (Å²) < 4.78 is 24.5. The number of hydrogen-bond donors (Lipinski definition) is 2. The Balaban J connectivity index is 1.37. The Labute approximate surface area is 214 Å². The van der Waals surface area contributed by atoms with Gasteiger partial charge in [-0.2, -0.15) is 5.26 Å². The lowest BCUT2D eigenvalue weighted by molar-refractivity contribution is -0.139. The predicted octanol–water partition coefficient (Wildman–Crippen LogP) is 3.66. The molecule has 2 aromatic carbocycles. The van der Waals surface area contributed by atoms with Gasteiger partial charge in [-0.25, -0.2) is 13.4 Å². The van der Waals surface area contributed by atoms with Crippen LogP contribution in [-0.2, 0) is 19.4 Å². The molecule has 1 fully saturated rings. The summed E-state index contributed by atoms with van der Waals surface area (Å²) in [4.78, 5) is 30.8. The molecule has 1 unspecified atom stereocenters. The Kier molecular flexibility index (Phi) is 6.04. The number of amides is 2.